The zero-order chi connectivity index (χ0) is 25.2. The molecule has 192 valence electrons. The van der Waals surface area contributed by atoms with E-state index in [1.165, 1.54) is 24.5 Å². The standard InChI is InChI=1S/C25H37N5O5/c1-4-5-6-9-15-34-20-11-7-8-12-21(20)35-17-19(31)16-26-13-10-14-30-18-27-23-22(30)24(32)29(3)25(33)28(23)2/h7-8,11-12,18-19,26,31H,4-6,9-10,13-17H2,1-3H3. The summed E-state index contributed by atoms with van der Waals surface area (Å²) in [4.78, 5) is 28.8. The van der Waals surface area contributed by atoms with Crippen molar-refractivity contribution in [2.24, 2.45) is 14.1 Å². The fourth-order valence-electron chi connectivity index (χ4n) is 3.85. The summed E-state index contributed by atoms with van der Waals surface area (Å²) in [5.74, 6) is 1.32. The van der Waals surface area contributed by atoms with E-state index in [-0.39, 0.29) is 12.2 Å². The minimum atomic E-state index is -0.677. The van der Waals surface area contributed by atoms with Crippen molar-refractivity contribution in [3.63, 3.8) is 0 Å². The molecule has 0 saturated heterocycles. The molecule has 0 aliphatic rings. The van der Waals surface area contributed by atoms with Gasteiger partial charge in [0, 0.05) is 27.2 Å². The number of aliphatic hydroxyl groups excluding tert-OH is 1. The van der Waals surface area contributed by atoms with Crippen LogP contribution in [-0.4, -0.2) is 56.2 Å². The summed E-state index contributed by atoms with van der Waals surface area (Å²) in [6.07, 6.45) is 6.18. The molecule has 0 spiro atoms. The van der Waals surface area contributed by atoms with E-state index in [0.29, 0.717) is 48.9 Å². The van der Waals surface area contributed by atoms with Gasteiger partial charge in [0.15, 0.2) is 22.7 Å². The quantitative estimate of drug-likeness (QED) is 0.315. The number of fused-ring (bicyclic) bond motifs is 1. The second-order valence-corrected chi connectivity index (χ2v) is 8.69. The van der Waals surface area contributed by atoms with E-state index in [9.17, 15) is 14.7 Å². The summed E-state index contributed by atoms with van der Waals surface area (Å²) >= 11 is 0. The van der Waals surface area contributed by atoms with Crippen LogP contribution in [0.2, 0.25) is 0 Å². The molecule has 0 fully saturated rings. The van der Waals surface area contributed by atoms with Crippen LogP contribution >= 0.6 is 0 Å². The Labute approximate surface area is 205 Å². The molecule has 10 heteroatoms. The first-order valence-electron chi connectivity index (χ1n) is 12.3. The number of nitrogens with zero attached hydrogens (tertiary/aromatic N) is 4. The van der Waals surface area contributed by atoms with Crippen molar-refractivity contribution in [2.45, 2.75) is 51.7 Å². The summed E-state index contributed by atoms with van der Waals surface area (Å²) in [7, 11) is 3.06. The predicted molar refractivity (Wildman–Crippen MR) is 135 cm³/mol. The third-order valence-corrected chi connectivity index (χ3v) is 5.89. The molecule has 3 aromatic rings. The van der Waals surface area contributed by atoms with Crippen LogP contribution in [0.3, 0.4) is 0 Å². The number of unbranched alkanes of at least 4 members (excludes halogenated alkanes) is 3. The molecule has 0 bridgehead atoms. The first-order valence-corrected chi connectivity index (χ1v) is 12.3. The van der Waals surface area contributed by atoms with Crippen LogP contribution < -0.4 is 26.0 Å². The Hall–Kier alpha value is -3.11. The van der Waals surface area contributed by atoms with Gasteiger partial charge in [-0.3, -0.25) is 13.9 Å². The molecule has 0 aliphatic carbocycles. The van der Waals surface area contributed by atoms with E-state index in [4.69, 9.17) is 9.47 Å². The minimum absolute atomic E-state index is 0.152. The van der Waals surface area contributed by atoms with Gasteiger partial charge in [-0.15, -0.1) is 0 Å². The van der Waals surface area contributed by atoms with Gasteiger partial charge in [0.05, 0.1) is 12.9 Å². The topological polar surface area (TPSA) is 113 Å². The second kappa shape index (κ2) is 13.1. The van der Waals surface area contributed by atoms with Gasteiger partial charge < -0.3 is 24.5 Å². The van der Waals surface area contributed by atoms with Crippen LogP contribution in [-0.2, 0) is 20.6 Å². The summed E-state index contributed by atoms with van der Waals surface area (Å²) in [6.45, 7) is 4.56. The number of aryl methyl sites for hydroxylation is 2. The van der Waals surface area contributed by atoms with E-state index in [1.54, 1.807) is 17.9 Å². The highest BCUT2D eigenvalue weighted by Gasteiger charge is 2.14. The maximum Gasteiger partial charge on any atom is 0.332 e. The largest absolute Gasteiger partial charge is 0.490 e. The summed E-state index contributed by atoms with van der Waals surface area (Å²) < 4.78 is 15.9. The first-order chi connectivity index (χ1) is 16.9. The average Bonchev–Trinajstić information content (AvgIpc) is 3.29. The lowest BCUT2D eigenvalue weighted by Crippen LogP contribution is -2.37. The highest BCUT2D eigenvalue weighted by molar-refractivity contribution is 5.69. The van der Waals surface area contributed by atoms with Gasteiger partial charge in [0.2, 0.25) is 0 Å². The van der Waals surface area contributed by atoms with Crippen molar-refractivity contribution < 1.29 is 14.6 Å². The molecule has 1 unspecified atom stereocenters. The maximum atomic E-state index is 12.5. The second-order valence-electron chi connectivity index (χ2n) is 8.69. The monoisotopic (exact) mass is 487 g/mol. The molecule has 0 radical (unpaired) electrons. The molecule has 1 aromatic carbocycles. The van der Waals surface area contributed by atoms with Crippen LogP contribution in [0.1, 0.15) is 39.0 Å². The van der Waals surface area contributed by atoms with E-state index in [0.717, 1.165) is 23.8 Å². The highest BCUT2D eigenvalue weighted by Crippen LogP contribution is 2.26. The molecule has 0 amide bonds. The Morgan fingerprint density at radius 2 is 1.77 bits per heavy atom. The molecule has 35 heavy (non-hydrogen) atoms. The van der Waals surface area contributed by atoms with Crippen LogP contribution in [0.5, 0.6) is 11.5 Å². The SMILES string of the molecule is CCCCCCOc1ccccc1OCC(O)CNCCCn1cnc2c1c(=O)n(C)c(=O)n2C. The zero-order valence-electron chi connectivity index (χ0n) is 20.9. The summed E-state index contributed by atoms with van der Waals surface area (Å²) in [5, 5.41) is 13.5. The van der Waals surface area contributed by atoms with Gasteiger partial charge in [-0.1, -0.05) is 38.3 Å². The molecular weight excluding hydrogens is 450 g/mol. The normalized spacial score (nSPS) is 12.2. The van der Waals surface area contributed by atoms with Crippen molar-refractivity contribution in [3.05, 3.63) is 51.4 Å². The third kappa shape index (κ3) is 6.95. The number of aromatic nitrogens is 4. The Balaban J connectivity index is 1.40. The lowest BCUT2D eigenvalue weighted by atomic mass is 10.2. The van der Waals surface area contributed by atoms with Crippen LogP contribution in [0.15, 0.2) is 40.2 Å². The molecule has 2 heterocycles. The maximum absolute atomic E-state index is 12.5. The van der Waals surface area contributed by atoms with Crippen molar-refractivity contribution in [1.29, 1.82) is 0 Å². The molecule has 2 aromatic heterocycles. The Bertz CT molecular complexity index is 1200. The van der Waals surface area contributed by atoms with Crippen molar-refractivity contribution in [2.75, 3.05) is 26.3 Å². The fraction of sp³-hybridized carbons (Fsp3) is 0.560. The van der Waals surface area contributed by atoms with Crippen LogP contribution in [0, 0.1) is 0 Å². The Morgan fingerprint density at radius 3 is 2.51 bits per heavy atom. The molecule has 1 atom stereocenters. The number of hydrogen-bond donors (Lipinski definition) is 2. The summed E-state index contributed by atoms with van der Waals surface area (Å²) in [6, 6.07) is 7.52. The first kappa shape index (κ1) is 26.5. The van der Waals surface area contributed by atoms with Gasteiger partial charge in [0.25, 0.3) is 5.56 Å². The van der Waals surface area contributed by atoms with Crippen molar-refractivity contribution in [1.82, 2.24) is 24.0 Å². The number of nitrogens with one attached hydrogen (secondary N) is 1. The Morgan fingerprint density at radius 1 is 1.03 bits per heavy atom. The smallest absolute Gasteiger partial charge is 0.332 e. The van der Waals surface area contributed by atoms with Gasteiger partial charge in [-0.2, -0.15) is 0 Å². The van der Waals surface area contributed by atoms with Gasteiger partial charge >= 0.3 is 5.69 Å². The zero-order valence-corrected chi connectivity index (χ0v) is 20.9. The molecule has 0 saturated carbocycles. The average molecular weight is 488 g/mol. The van der Waals surface area contributed by atoms with Crippen LogP contribution in [0.4, 0.5) is 0 Å². The number of aliphatic hydroxyl groups is 1. The molecule has 2 N–H and O–H groups in total. The van der Waals surface area contributed by atoms with Gasteiger partial charge in [-0.05, 0) is 31.5 Å². The number of rotatable bonds is 15. The van der Waals surface area contributed by atoms with E-state index < -0.39 is 11.8 Å². The summed E-state index contributed by atoms with van der Waals surface area (Å²) in [5.41, 5.74) is 0.0382. The number of ether oxygens (including phenoxy) is 2. The molecule has 3 rings (SSSR count). The molecule has 10 nitrogen and oxygen atoms in total. The molecular formula is C25H37N5O5. The number of hydrogen-bond acceptors (Lipinski definition) is 7. The van der Waals surface area contributed by atoms with Crippen molar-refractivity contribution >= 4 is 11.2 Å². The van der Waals surface area contributed by atoms with Gasteiger partial charge in [0.1, 0.15) is 12.7 Å². The number of para-hydroxylation sites is 2. The lowest BCUT2D eigenvalue weighted by Gasteiger charge is -2.16. The minimum Gasteiger partial charge on any atom is -0.490 e. The van der Waals surface area contributed by atoms with E-state index in [1.807, 2.05) is 24.3 Å². The van der Waals surface area contributed by atoms with E-state index >= 15 is 0 Å². The molecule has 0 aliphatic heterocycles. The highest BCUT2D eigenvalue weighted by atomic mass is 16.5. The fourth-order valence-corrected chi connectivity index (χ4v) is 3.85. The predicted octanol–water partition coefficient (Wildman–Crippen LogP) is 1.81. The van der Waals surface area contributed by atoms with Crippen LogP contribution in [0.25, 0.3) is 11.2 Å². The van der Waals surface area contributed by atoms with E-state index in [2.05, 4.69) is 17.2 Å². The van der Waals surface area contributed by atoms with Gasteiger partial charge in [-0.25, -0.2) is 9.78 Å². The Kier molecular flexibility index (Phi) is 9.92. The number of imidazole rings is 1. The van der Waals surface area contributed by atoms with Crippen molar-refractivity contribution in [3.8, 4) is 11.5 Å². The number of benzene rings is 1. The third-order valence-electron chi connectivity index (χ3n) is 5.89. The lowest BCUT2D eigenvalue weighted by molar-refractivity contribution is 0.104.